The molecular formula is C30H31ClN10O14S2. The highest BCUT2D eigenvalue weighted by Crippen LogP contribution is 2.49. The summed E-state index contributed by atoms with van der Waals surface area (Å²) in [6.07, 6.45) is 0. The molecule has 3 aliphatic rings. The number of hydrazine groups is 1. The van der Waals surface area contributed by atoms with Crippen LogP contribution in [0, 0.1) is 0 Å². The number of oxime groups is 1. The molecule has 24 nitrogen and oxygen atoms in total. The smallest absolute Gasteiger partial charge is 0.350 e. The third kappa shape index (κ3) is 8.12. The van der Waals surface area contributed by atoms with Gasteiger partial charge in [-0.3, -0.25) is 39.1 Å². The number of urea groups is 1. The first kappa shape index (κ1) is 41.7. The molecule has 0 radical (unpaired) electrons. The zero-order valence-electron chi connectivity index (χ0n) is 29.3. The Labute approximate surface area is 332 Å². The number of carboxylic acid groups (broad SMARTS) is 2. The van der Waals surface area contributed by atoms with Gasteiger partial charge in [-0.25, -0.2) is 24.4 Å². The molecule has 5 rings (SSSR count). The van der Waals surface area contributed by atoms with Gasteiger partial charge in [-0.1, -0.05) is 28.5 Å². The zero-order valence-corrected chi connectivity index (χ0v) is 31.7. The molecule has 1 aromatic heterocycles. The molecule has 0 bridgehead atoms. The normalized spacial score (nSPS) is 20.3. The number of nitrogen functional groups attached to an aromatic ring is 1. The monoisotopic (exact) mass is 854 g/mol. The van der Waals surface area contributed by atoms with Crippen LogP contribution in [0.4, 0.5) is 9.93 Å². The van der Waals surface area contributed by atoms with E-state index in [-0.39, 0.29) is 37.0 Å². The fraction of sp³-hybridized carbons (Fsp3) is 0.367. The number of nitrogens with two attached hydrogens (primary N) is 1. The molecule has 0 aliphatic carbocycles. The molecule has 2 aromatic rings. The lowest BCUT2D eigenvalue weighted by molar-refractivity contribution is -0.161. The lowest BCUT2D eigenvalue weighted by atomic mass is 10.1. The Kier molecular flexibility index (Phi) is 11.7. The number of hydrogen-bond donors (Lipinski definition) is 9. The first-order chi connectivity index (χ1) is 26.7. The summed E-state index contributed by atoms with van der Waals surface area (Å²) in [6, 6.07) is -0.424. The second-order valence-corrected chi connectivity index (χ2v) is 15.3. The fourth-order valence-corrected chi connectivity index (χ4v) is 7.76. The number of phenols is 2. The number of carbonyl (C=O) groups excluding carboxylic acids is 7. The van der Waals surface area contributed by atoms with Crippen LogP contribution in [-0.2, 0) is 38.4 Å². The average molecular weight is 855 g/mol. The number of nitrogens with zero attached hydrogens (tertiary/aromatic N) is 5. The number of amides is 7. The molecule has 10 N–H and O–H groups in total. The van der Waals surface area contributed by atoms with Gasteiger partial charge in [0, 0.05) is 25.0 Å². The van der Waals surface area contributed by atoms with Crippen LogP contribution < -0.4 is 27.1 Å². The Bertz CT molecular complexity index is 2130. The summed E-state index contributed by atoms with van der Waals surface area (Å²) < 4.78 is 0. The lowest BCUT2D eigenvalue weighted by Crippen LogP contribution is -2.68. The van der Waals surface area contributed by atoms with Crippen LogP contribution in [0.1, 0.15) is 29.9 Å². The van der Waals surface area contributed by atoms with Crippen LogP contribution >= 0.6 is 34.7 Å². The summed E-state index contributed by atoms with van der Waals surface area (Å²) in [7, 11) is 0. The van der Waals surface area contributed by atoms with Gasteiger partial charge in [-0.05, 0) is 26.0 Å². The number of thioether (sulfide) groups is 1. The van der Waals surface area contributed by atoms with E-state index in [2.05, 4.69) is 31.5 Å². The van der Waals surface area contributed by atoms with Crippen molar-refractivity contribution in [1.29, 1.82) is 0 Å². The van der Waals surface area contributed by atoms with Gasteiger partial charge in [0.2, 0.25) is 16.4 Å². The van der Waals surface area contributed by atoms with Crippen molar-refractivity contribution < 1.29 is 68.4 Å². The van der Waals surface area contributed by atoms with Crippen LogP contribution in [0.3, 0.4) is 0 Å². The van der Waals surface area contributed by atoms with Gasteiger partial charge >= 0.3 is 29.8 Å². The Morgan fingerprint density at radius 3 is 2.32 bits per heavy atom. The Morgan fingerprint density at radius 2 is 1.70 bits per heavy atom. The Morgan fingerprint density at radius 1 is 1.04 bits per heavy atom. The minimum absolute atomic E-state index is 0.0330. The number of hydrogen-bond acceptors (Lipinski definition) is 17. The molecule has 1 aromatic carbocycles. The molecule has 4 heterocycles. The molecule has 0 saturated carbocycles. The predicted molar refractivity (Wildman–Crippen MR) is 193 cm³/mol. The quantitative estimate of drug-likeness (QED) is 0.0179. The molecule has 27 heteroatoms. The third-order valence-electron chi connectivity index (χ3n) is 8.45. The van der Waals surface area contributed by atoms with E-state index in [9.17, 15) is 63.6 Å². The number of ketones is 1. The second-order valence-electron chi connectivity index (χ2n) is 12.6. The molecule has 3 fully saturated rings. The van der Waals surface area contributed by atoms with E-state index in [1.165, 1.54) is 19.2 Å². The van der Waals surface area contributed by atoms with Gasteiger partial charge in [-0.2, -0.15) is 0 Å². The van der Waals surface area contributed by atoms with E-state index < -0.39 is 110 Å². The Hall–Kier alpha value is -6.41. The number of carboxylic acids is 2. The fourth-order valence-electron chi connectivity index (χ4n) is 5.33. The third-order valence-corrected chi connectivity index (χ3v) is 11.2. The molecule has 3 atom stereocenters. The number of benzene rings is 1. The summed E-state index contributed by atoms with van der Waals surface area (Å²) >= 11 is 7.38. The number of fused-ring (bicyclic) bond motifs is 1. The first-order valence-electron chi connectivity index (χ1n) is 16.1. The van der Waals surface area contributed by atoms with Crippen molar-refractivity contribution in [2.24, 2.45) is 5.16 Å². The van der Waals surface area contributed by atoms with Crippen molar-refractivity contribution in [2.45, 2.75) is 35.7 Å². The Balaban J connectivity index is 1.16. The summed E-state index contributed by atoms with van der Waals surface area (Å²) in [5.41, 5.74) is 4.82. The number of carbonyl (C=O) groups is 9. The van der Waals surface area contributed by atoms with E-state index in [4.69, 9.17) is 22.2 Å². The number of Topliss-reactive ketones (excluding diaryl/α,β-unsaturated/α-hetero) is 1. The summed E-state index contributed by atoms with van der Waals surface area (Å²) in [6.45, 7) is 0.510. The molecule has 3 saturated heterocycles. The van der Waals surface area contributed by atoms with E-state index >= 15 is 0 Å². The predicted octanol–water partition coefficient (Wildman–Crippen LogP) is -2.56. The van der Waals surface area contributed by atoms with Crippen molar-refractivity contribution in [1.82, 2.24) is 41.2 Å². The van der Waals surface area contributed by atoms with Crippen LogP contribution in [0.5, 0.6) is 11.5 Å². The maximum Gasteiger partial charge on any atom is 0.350 e. The van der Waals surface area contributed by atoms with Gasteiger partial charge in [0.15, 0.2) is 22.3 Å². The number of thiazole rings is 1. The van der Waals surface area contributed by atoms with Gasteiger partial charge < -0.3 is 51.8 Å². The highest BCUT2D eigenvalue weighted by Gasteiger charge is 2.66. The number of anilines is 1. The zero-order chi connectivity index (χ0) is 42.1. The van der Waals surface area contributed by atoms with Crippen molar-refractivity contribution >= 4 is 98.8 Å². The SMILES string of the molecule is CC(C)(O/N=C(\C(=O)NC1C(=O)N2C[C@@](C(=O)O)(N3CCN(NC(=O)C(=O)NCCNC(=O)C(=O)c4ccc(O)c(O)c4Cl)C3=O)S[C@H]12)c1csc(N)n1)C(=O)O. The standard InChI is InChI=1S/C30H31ClN10O14S2/c1-29(2,25(50)51)55-38-15(12-9-56-27(32)35-12)19(45)36-16-23(49)39-10-30(26(52)53,57-24(16)39)40-7-8-41(28(40)54)37-22(48)21(47)34-6-5-33-20(46)17(43)11-3-4-13(42)18(44)14(11)31/h3-4,9,16,24,42,44H,5-8,10H2,1-2H3,(H2,32,35)(H,33,46)(H,34,47)(H,36,45)(H,37,48)(H,50,51)(H,52,53)/b38-15-/t16?,24-,30-/m1/s1. The molecule has 7 amide bonds. The minimum atomic E-state index is -2.10. The van der Waals surface area contributed by atoms with Crippen molar-refractivity contribution in [3.05, 3.63) is 33.8 Å². The maximum absolute atomic E-state index is 13.4. The minimum Gasteiger partial charge on any atom is -0.504 e. The first-order valence-corrected chi connectivity index (χ1v) is 18.3. The number of phenolic OH excluding ortho intramolecular Hbond substituents is 2. The number of aromatic nitrogens is 1. The second kappa shape index (κ2) is 16.0. The maximum atomic E-state index is 13.4. The van der Waals surface area contributed by atoms with E-state index in [1.807, 2.05) is 0 Å². The number of rotatable bonds is 14. The number of aromatic hydroxyl groups is 2. The largest absolute Gasteiger partial charge is 0.504 e. The van der Waals surface area contributed by atoms with Gasteiger partial charge in [0.25, 0.3) is 17.6 Å². The summed E-state index contributed by atoms with van der Waals surface area (Å²) in [5.74, 6) is -11.1. The highest BCUT2D eigenvalue weighted by atomic mass is 35.5. The molecule has 57 heavy (non-hydrogen) atoms. The van der Waals surface area contributed by atoms with Crippen LogP contribution in [0.2, 0.25) is 5.02 Å². The lowest BCUT2D eigenvalue weighted by Gasteiger charge is -2.41. The number of aliphatic carboxylic acids is 2. The van der Waals surface area contributed by atoms with E-state index in [1.54, 1.807) is 0 Å². The number of nitrogens with one attached hydrogen (secondary N) is 4. The molecule has 0 spiro atoms. The van der Waals surface area contributed by atoms with Gasteiger partial charge in [0.05, 0.1) is 23.7 Å². The molecule has 304 valence electrons. The summed E-state index contributed by atoms with van der Waals surface area (Å²) in [4.78, 5) is 123. The highest BCUT2D eigenvalue weighted by molar-refractivity contribution is 8.02. The van der Waals surface area contributed by atoms with Crippen molar-refractivity contribution in [2.75, 3.05) is 38.5 Å². The van der Waals surface area contributed by atoms with Crippen molar-refractivity contribution in [3.63, 3.8) is 0 Å². The molecule has 3 aliphatic heterocycles. The summed E-state index contributed by atoms with van der Waals surface area (Å²) in [5, 5.41) is 49.7. The van der Waals surface area contributed by atoms with E-state index in [0.717, 1.165) is 33.3 Å². The van der Waals surface area contributed by atoms with Gasteiger partial charge in [0.1, 0.15) is 17.1 Å². The number of β-lactam (4-membered cyclic amide) rings is 1. The molecule has 1 unspecified atom stereocenters. The topological polar surface area (TPSA) is 353 Å². The van der Waals surface area contributed by atoms with Crippen LogP contribution in [0.15, 0.2) is 22.7 Å². The van der Waals surface area contributed by atoms with Crippen molar-refractivity contribution in [3.8, 4) is 11.5 Å². The average Bonchev–Trinajstić information content (AvgIpc) is 3.86. The van der Waals surface area contributed by atoms with Crippen LogP contribution in [-0.4, -0.2) is 154 Å². The molecular weight excluding hydrogens is 824 g/mol. The van der Waals surface area contributed by atoms with Gasteiger partial charge in [-0.15, -0.1) is 11.3 Å². The number of halogens is 1. The van der Waals surface area contributed by atoms with Crippen LogP contribution in [0.25, 0.3) is 0 Å². The van der Waals surface area contributed by atoms with E-state index in [0.29, 0.717) is 16.8 Å².